The molecule has 0 aromatic heterocycles. The van der Waals surface area contributed by atoms with E-state index in [0.29, 0.717) is 0 Å². The molecule has 0 bridgehead atoms. The average molecular weight is 581 g/mol. The van der Waals surface area contributed by atoms with Crippen LogP contribution in [0.15, 0.2) is 169 Å². The van der Waals surface area contributed by atoms with E-state index in [0.717, 1.165) is 28.1 Å². The first-order valence-electron chi connectivity index (χ1n) is 15.5. The maximum atomic E-state index is 5.12. The van der Waals surface area contributed by atoms with Crippen LogP contribution in [0.25, 0.3) is 33.5 Å². The van der Waals surface area contributed by atoms with Crippen molar-refractivity contribution < 1.29 is 0 Å². The van der Waals surface area contributed by atoms with Crippen molar-refractivity contribution >= 4 is 17.0 Å². The molecule has 1 heterocycles. The Kier molecular flexibility index (Phi) is 7.27. The number of allylic oxidation sites excluding steroid dienone is 5. The van der Waals surface area contributed by atoms with E-state index in [2.05, 4.69) is 154 Å². The molecule has 2 nitrogen and oxygen atoms in total. The van der Waals surface area contributed by atoms with Gasteiger partial charge in [-0.15, -0.1) is 0 Å². The molecule has 0 saturated heterocycles. The van der Waals surface area contributed by atoms with Crippen LogP contribution in [-0.4, -0.2) is 5.71 Å². The first-order valence-corrected chi connectivity index (χ1v) is 15.5. The van der Waals surface area contributed by atoms with Gasteiger partial charge in [-0.25, -0.2) is 0 Å². The topological polar surface area (TPSA) is 24.4 Å². The molecule has 0 amide bonds. The minimum atomic E-state index is -0.152. The molecule has 1 aliphatic carbocycles. The van der Waals surface area contributed by atoms with E-state index in [9.17, 15) is 0 Å². The molecule has 1 atom stereocenters. The standard InChI is InChI=1S/C43H36N2/c1-5-36-37-26-25-35(27-39(37)43(3,4)38(36)6-2)31-19-17-29(18-20-31)30-21-23-33(24-22-30)41-28-40(32-13-9-7-10-14-32)44-42(45-41)34-15-11-8-12-16-34/h5-28,42,44H,1-2H2,3-4H3. The smallest absolute Gasteiger partial charge is 0.145 e. The number of nitrogens with zero attached hydrogens (tertiary/aromatic N) is 1. The van der Waals surface area contributed by atoms with Crippen molar-refractivity contribution in [1.82, 2.24) is 5.32 Å². The van der Waals surface area contributed by atoms with Crippen molar-refractivity contribution in [3.05, 3.63) is 192 Å². The van der Waals surface area contributed by atoms with Crippen LogP contribution in [-0.2, 0) is 5.41 Å². The van der Waals surface area contributed by atoms with Crippen LogP contribution in [0.1, 0.15) is 47.8 Å². The quantitative estimate of drug-likeness (QED) is 0.203. The Balaban J connectivity index is 1.16. The van der Waals surface area contributed by atoms with Gasteiger partial charge in [0.1, 0.15) is 6.17 Å². The highest BCUT2D eigenvalue weighted by Gasteiger charge is 2.35. The van der Waals surface area contributed by atoms with Gasteiger partial charge in [-0.3, -0.25) is 4.99 Å². The Morgan fingerprint density at radius 3 is 1.78 bits per heavy atom. The number of aliphatic imine (C=N–C) groups is 1. The van der Waals surface area contributed by atoms with Gasteiger partial charge in [-0.05, 0) is 73.4 Å². The summed E-state index contributed by atoms with van der Waals surface area (Å²) in [6.07, 6.45) is 5.94. The van der Waals surface area contributed by atoms with Crippen LogP contribution in [0.4, 0.5) is 0 Å². The third-order valence-electron chi connectivity index (χ3n) is 9.13. The normalized spacial score (nSPS) is 16.7. The van der Waals surface area contributed by atoms with Gasteiger partial charge in [-0.1, -0.05) is 160 Å². The second-order valence-electron chi connectivity index (χ2n) is 12.2. The van der Waals surface area contributed by atoms with E-state index in [1.165, 1.54) is 44.5 Å². The van der Waals surface area contributed by atoms with Gasteiger partial charge in [0.15, 0.2) is 0 Å². The lowest BCUT2D eigenvalue weighted by molar-refractivity contribution is 0.655. The summed E-state index contributed by atoms with van der Waals surface area (Å²) in [5, 5.41) is 3.63. The largest absolute Gasteiger partial charge is 0.360 e. The third-order valence-corrected chi connectivity index (χ3v) is 9.13. The lowest BCUT2D eigenvalue weighted by Crippen LogP contribution is -2.24. The molecular weight excluding hydrogens is 544 g/mol. The Morgan fingerprint density at radius 1 is 0.622 bits per heavy atom. The molecule has 0 fully saturated rings. The maximum Gasteiger partial charge on any atom is 0.145 e. The molecule has 1 N–H and O–H groups in total. The number of hydrogen-bond acceptors (Lipinski definition) is 2. The van der Waals surface area contributed by atoms with Crippen molar-refractivity contribution in [3.8, 4) is 22.3 Å². The summed E-state index contributed by atoms with van der Waals surface area (Å²) in [6, 6.07) is 45.3. The second kappa shape index (κ2) is 11.6. The molecule has 7 rings (SSSR count). The van der Waals surface area contributed by atoms with Gasteiger partial charge in [0.2, 0.25) is 0 Å². The van der Waals surface area contributed by atoms with Crippen molar-refractivity contribution in [2.24, 2.45) is 4.99 Å². The first-order chi connectivity index (χ1) is 22.0. The van der Waals surface area contributed by atoms with Crippen LogP contribution in [0.5, 0.6) is 0 Å². The van der Waals surface area contributed by atoms with E-state index in [-0.39, 0.29) is 11.6 Å². The second-order valence-corrected chi connectivity index (χ2v) is 12.2. The Labute approximate surface area is 266 Å². The van der Waals surface area contributed by atoms with E-state index in [1.807, 2.05) is 24.3 Å². The average Bonchev–Trinajstić information content (AvgIpc) is 3.33. The third kappa shape index (κ3) is 5.19. The molecule has 45 heavy (non-hydrogen) atoms. The fraction of sp³-hybridized carbons (Fsp3) is 0.0930. The van der Waals surface area contributed by atoms with E-state index < -0.39 is 0 Å². The van der Waals surface area contributed by atoms with Gasteiger partial charge in [0, 0.05) is 11.1 Å². The van der Waals surface area contributed by atoms with E-state index in [4.69, 9.17) is 4.99 Å². The highest BCUT2D eigenvalue weighted by molar-refractivity contribution is 6.13. The molecule has 5 aromatic rings. The Hall–Kier alpha value is -5.47. The van der Waals surface area contributed by atoms with Crippen LogP contribution >= 0.6 is 0 Å². The summed E-state index contributed by atoms with van der Waals surface area (Å²) < 4.78 is 0. The number of nitrogens with one attached hydrogen (secondary N) is 1. The van der Waals surface area contributed by atoms with Gasteiger partial charge < -0.3 is 5.32 Å². The van der Waals surface area contributed by atoms with Crippen molar-refractivity contribution in [2.45, 2.75) is 25.4 Å². The molecule has 1 unspecified atom stereocenters. The van der Waals surface area contributed by atoms with E-state index in [1.54, 1.807) is 0 Å². The van der Waals surface area contributed by atoms with Crippen LogP contribution in [0, 0.1) is 0 Å². The molecule has 0 radical (unpaired) electrons. The highest BCUT2D eigenvalue weighted by atomic mass is 15.1. The molecule has 2 aliphatic rings. The fourth-order valence-corrected chi connectivity index (χ4v) is 6.65. The summed E-state index contributed by atoms with van der Waals surface area (Å²) >= 11 is 0. The highest BCUT2D eigenvalue weighted by Crippen LogP contribution is 2.48. The van der Waals surface area contributed by atoms with E-state index >= 15 is 0 Å². The van der Waals surface area contributed by atoms with Gasteiger partial charge in [0.05, 0.1) is 5.71 Å². The van der Waals surface area contributed by atoms with Gasteiger partial charge in [0.25, 0.3) is 0 Å². The molecule has 218 valence electrons. The zero-order valence-electron chi connectivity index (χ0n) is 25.8. The fourth-order valence-electron chi connectivity index (χ4n) is 6.65. The summed E-state index contributed by atoms with van der Waals surface area (Å²) in [6.45, 7) is 12.7. The lowest BCUT2D eigenvalue weighted by atomic mass is 9.80. The molecule has 5 aromatic carbocycles. The van der Waals surface area contributed by atoms with Crippen LogP contribution < -0.4 is 5.32 Å². The minimum absolute atomic E-state index is 0.102. The van der Waals surface area contributed by atoms with Gasteiger partial charge in [-0.2, -0.15) is 0 Å². The zero-order valence-corrected chi connectivity index (χ0v) is 25.8. The zero-order chi connectivity index (χ0) is 31.0. The molecular formula is C43H36N2. The Bertz CT molecular complexity index is 1990. The van der Waals surface area contributed by atoms with Gasteiger partial charge >= 0.3 is 0 Å². The van der Waals surface area contributed by atoms with Crippen LogP contribution in [0.3, 0.4) is 0 Å². The monoisotopic (exact) mass is 580 g/mol. The number of benzene rings is 5. The summed E-state index contributed by atoms with van der Waals surface area (Å²) in [5.74, 6) is 0. The molecule has 0 saturated carbocycles. The molecule has 1 aliphatic heterocycles. The summed E-state index contributed by atoms with van der Waals surface area (Å²) in [4.78, 5) is 5.12. The van der Waals surface area contributed by atoms with Crippen molar-refractivity contribution in [3.63, 3.8) is 0 Å². The number of fused-ring (bicyclic) bond motifs is 1. The Morgan fingerprint density at radius 2 is 1.18 bits per heavy atom. The SMILES string of the molecule is C=CC1=C(C=C)C(C)(C)c2cc(-c3ccc(-c4ccc(C5=NC(c6ccccc6)NC(c6ccccc6)=C5)cc4)cc3)ccc21. The summed E-state index contributed by atoms with van der Waals surface area (Å²) in [5.41, 5.74) is 15.1. The van der Waals surface area contributed by atoms with Crippen molar-refractivity contribution in [2.75, 3.05) is 0 Å². The molecule has 2 heteroatoms. The number of rotatable bonds is 7. The van der Waals surface area contributed by atoms with Crippen molar-refractivity contribution in [1.29, 1.82) is 0 Å². The first kappa shape index (κ1) is 28.3. The minimum Gasteiger partial charge on any atom is -0.360 e. The lowest BCUT2D eigenvalue weighted by Gasteiger charge is -2.25. The molecule has 0 spiro atoms. The number of hydrogen-bond donors (Lipinski definition) is 1. The maximum absolute atomic E-state index is 5.12. The predicted octanol–water partition coefficient (Wildman–Crippen LogP) is 10.6. The summed E-state index contributed by atoms with van der Waals surface area (Å²) in [7, 11) is 0. The predicted molar refractivity (Wildman–Crippen MR) is 191 cm³/mol. The van der Waals surface area contributed by atoms with Crippen LogP contribution in [0.2, 0.25) is 0 Å².